The Morgan fingerprint density at radius 2 is 1.73 bits per heavy atom. The molecule has 0 aliphatic carbocycles. The van der Waals surface area contributed by atoms with E-state index in [0.29, 0.717) is 19.5 Å². The van der Waals surface area contributed by atoms with Crippen LogP contribution in [-0.4, -0.2) is 42.1 Å². The zero-order valence-electron chi connectivity index (χ0n) is 15.8. The second kappa shape index (κ2) is 8.78. The van der Waals surface area contributed by atoms with Crippen molar-refractivity contribution in [2.75, 3.05) is 6.54 Å². The van der Waals surface area contributed by atoms with E-state index in [1.54, 1.807) is 36.5 Å². The predicted octanol–water partition coefficient (Wildman–Crippen LogP) is 2.33. The highest BCUT2D eigenvalue weighted by atomic mass is 32.2. The molecule has 0 bridgehead atoms. The van der Waals surface area contributed by atoms with Gasteiger partial charge in [-0.25, -0.2) is 13.2 Å². The number of sulfone groups is 1. The van der Waals surface area contributed by atoms with Crippen LogP contribution in [-0.2, 0) is 22.8 Å². The number of carbonyl (C=O) groups is 2. The highest BCUT2D eigenvalue weighted by molar-refractivity contribution is 7.91. The lowest BCUT2D eigenvalue weighted by Gasteiger charge is -2.21. The van der Waals surface area contributed by atoms with Crippen LogP contribution < -0.4 is 5.73 Å². The van der Waals surface area contributed by atoms with Gasteiger partial charge >= 0.3 is 6.09 Å². The molecule has 1 aromatic heterocycles. The molecule has 0 fully saturated rings. The van der Waals surface area contributed by atoms with Gasteiger partial charge in [-0.3, -0.25) is 4.79 Å². The standard InChI is InChI=1S/C13H11NO3S.C7H8N2O3/c14-13(15)11-8-4-5-9-12(11)18(16,17)10-6-2-1-3-7-10;10-7(11)9-2-1-6-5(4-9)3-8-12-6/h1-9H,(H2,14,15);3H,1-2,4H2,(H,10,11). The maximum absolute atomic E-state index is 12.4. The monoisotopic (exact) mass is 429 g/mol. The first-order valence-corrected chi connectivity index (χ1v) is 10.4. The highest BCUT2D eigenvalue weighted by Gasteiger charge is 2.23. The number of hydrogen-bond donors (Lipinski definition) is 2. The van der Waals surface area contributed by atoms with Gasteiger partial charge in [0.2, 0.25) is 15.7 Å². The molecule has 3 aromatic rings. The first kappa shape index (κ1) is 21.1. The van der Waals surface area contributed by atoms with Gasteiger partial charge in [-0.1, -0.05) is 35.5 Å². The minimum atomic E-state index is -3.72. The van der Waals surface area contributed by atoms with Crippen LogP contribution in [0.25, 0.3) is 0 Å². The molecule has 0 atom stereocenters. The second-order valence-electron chi connectivity index (χ2n) is 6.41. The molecule has 1 aliphatic rings. The molecule has 4 rings (SSSR count). The summed E-state index contributed by atoms with van der Waals surface area (Å²) in [6.07, 6.45) is 1.31. The summed E-state index contributed by atoms with van der Waals surface area (Å²) in [6.45, 7) is 0.895. The number of carbonyl (C=O) groups excluding carboxylic acids is 1. The van der Waals surface area contributed by atoms with Crippen LogP contribution in [0.5, 0.6) is 0 Å². The summed E-state index contributed by atoms with van der Waals surface area (Å²) in [5.74, 6) is 0.0533. The minimum absolute atomic E-state index is 0.00125. The van der Waals surface area contributed by atoms with Crippen molar-refractivity contribution in [1.82, 2.24) is 10.1 Å². The van der Waals surface area contributed by atoms with Crippen LogP contribution in [0.4, 0.5) is 4.79 Å². The number of primary amides is 1. The molecule has 156 valence electrons. The van der Waals surface area contributed by atoms with E-state index in [0.717, 1.165) is 11.3 Å². The summed E-state index contributed by atoms with van der Waals surface area (Å²) >= 11 is 0. The van der Waals surface area contributed by atoms with Crippen molar-refractivity contribution in [2.45, 2.75) is 22.8 Å². The van der Waals surface area contributed by atoms with E-state index in [9.17, 15) is 18.0 Å². The smallest absolute Gasteiger partial charge is 0.407 e. The van der Waals surface area contributed by atoms with E-state index in [-0.39, 0.29) is 15.4 Å². The van der Waals surface area contributed by atoms with Crippen LogP contribution >= 0.6 is 0 Å². The quantitative estimate of drug-likeness (QED) is 0.650. The van der Waals surface area contributed by atoms with Crippen LogP contribution in [0.1, 0.15) is 21.7 Å². The van der Waals surface area contributed by atoms with Crippen LogP contribution in [0, 0.1) is 0 Å². The van der Waals surface area contributed by atoms with Gasteiger partial charge in [-0.15, -0.1) is 0 Å². The normalized spacial score (nSPS) is 13.0. The third kappa shape index (κ3) is 4.49. The van der Waals surface area contributed by atoms with Gasteiger partial charge in [0, 0.05) is 18.5 Å². The van der Waals surface area contributed by atoms with Gasteiger partial charge in [-0.05, 0) is 24.3 Å². The van der Waals surface area contributed by atoms with Gasteiger partial charge in [0.1, 0.15) is 5.76 Å². The van der Waals surface area contributed by atoms with Gasteiger partial charge < -0.3 is 20.3 Å². The minimum Gasteiger partial charge on any atom is -0.465 e. The Kier molecular flexibility index (Phi) is 6.17. The molecule has 0 spiro atoms. The summed E-state index contributed by atoms with van der Waals surface area (Å²) in [4.78, 5) is 23.2. The molecule has 0 radical (unpaired) electrons. The first-order valence-electron chi connectivity index (χ1n) is 8.90. The zero-order valence-corrected chi connectivity index (χ0v) is 16.6. The molecule has 3 N–H and O–H groups in total. The molecule has 2 heterocycles. The lowest BCUT2D eigenvalue weighted by Crippen LogP contribution is -2.34. The van der Waals surface area contributed by atoms with E-state index in [4.69, 9.17) is 15.4 Å². The summed E-state index contributed by atoms with van der Waals surface area (Å²) in [5.41, 5.74) is 6.07. The number of rotatable bonds is 3. The number of nitrogens with two attached hydrogens (primary N) is 1. The number of aromatic nitrogens is 1. The second-order valence-corrected chi connectivity index (χ2v) is 8.32. The van der Waals surface area contributed by atoms with Gasteiger partial charge in [0.25, 0.3) is 0 Å². The number of carboxylic acid groups (broad SMARTS) is 1. The van der Waals surface area contributed by atoms with Gasteiger partial charge in [0.05, 0.1) is 28.1 Å². The van der Waals surface area contributed by atoms with Crippen molar-refractivity contribution >= 4 is 21.8 Å². The molecule has 0 saturated carbocycles. The lowest BCUT2D eigenvalue weighted by molar-refractivity contribution is 0.0997. The van der Waals surface area contributed by atoms with Crippen molar-refractivity contribution in [3.05, 3.63) is 77.7 Å². The lowest BCUT2D eigenvalue weighted by atomic mass is 10.1. The average molecular weight is 429 g/mol. The molecular formula is C20H19N3O6S. The van der Waals surface area contributed by atoms with Crippen molar-refractivity contribution in [1.29, 1.82) is 0 Å². The van der Waals surface area contributed by atoms with Crippen molar-refractivity contribution in [3.63, 3.8) is 0 Å². The molecule has 30 heavy (non-hydrogen) atoms. The SMILES string of the molecule is NC(=O)c1ccccc1S(=O)(=O)c1ccccc1.O=C(O)N1CCc2oncc2C1. The molecule has 9 nitrogen and oxygen atoms in total. The Bertz CT molecular complexity index is 1160. The Balaban J connectivity index is 0.000000184. The molecule has 2 amide bonds. The maximum Gasteiger partial charge on any atom is 0.407 e. The van der Waals surface area contributed by atoms with E-state index in [1.165, 1.54) is 29.2 Å². The fourth-order valence-electron chi connectivity index (χ4n) is 2.94. The highest BCUT2D eigenvalue weighted by Crippen LogP contribution is 2.23. The van der Waals surface area contributed by atoms with E-state index in [1.807, 2.05) is 0 Å². The predicted molar refractivity (Wildman–Crippen MR) is 105 cm³/mol. The van der Waals surface area contributed by atoms with Crippen LogP contribution in [0.2, 0.25) is 0 Å². The number of nitrogens with zero attached hydrogens (tertiary/aromatic N) is 2. The number of hydrogen-bond acceptors (Lipinski definition) is 6. The fraction of sp³-hybridized carbons (Fsp3) is 0.150. The molecule has 0 unspecified atom stereocenters. The van der Waals surface area contributed by atoms with Crippen molar-refractivity contribution in [2.24, 2.45) is 5.73 Å². The number of amides is 2. The fourth-order valence-corrected chi connectivity index (χ4v) is 4.42. The first-order chi connectivity index (χ1) is 14.3. The summed E-state index contributed by atoms with van der Waals surface area (Å²) < 4.78 is 29.6. The van der Waals surface area contributed by atoms with E-state index in [2.05, 4.69) is 5.16 Å². The summed E-state index contributed by atoms with van der Waals surface area (Å²) in [7, 11) is -3.72. The largest absolute Gasteiger partial charge is 0.465 e. The maximum atomic E-state index is 12.4. The Morgan fingerprint density at radius 3 is 2.40 bits per heavy atom. The van der Waals surface area contributed by atoms with Crippen molar-refractivity contribution in [3.8, 4) is 0 Å². The summed E-state index contributed by atoms with van der Waals surface area (Å²) in [5, 5.41) is 12.3. The van der Waals surface area contributed by atoms with E-state index < -0.39 is 21.8 Å². The Hall–Kier alpha value is -3.66. The van der Waals surface area contributed by atoms with Crippen LogP contribution in [0.3, 0.4) is 0 Å². The molecule has 2 aromatic carbocycles. The number of fused-ring (bicyclic) bond motifs is 1. The van der Waals surface area contributed by atoms with Gasteiger partial charge in [-0.2, -0.15) is 0 Å². The van der Waals surface area contributed by atoms with Crippen LogP contribution in [0.15, 0.2) is 75.1 Å². The number of benzene rings is 2. The third-order valence-corrected chi connectivity index (χ3v) is 6.29. The Morgan fingerprint density at radius 1 is 1.07 bits per heavy atom. The summed E-state index contributed by atoms with van der Waals surface area (Å²) in [6, 6.07) is 13.8. The zero-order chi connectivity index (χ0) is 21.7. The molecular weight excluding hydrogens is 410 g/mol. The van der Waals surface area contributed by atoms with E-state index >= 15 is 0 Å². The average Bonchev–Trinajstić information content (AvgIpc) is 3.22. The van der Waals surface area contributed by atoms with Gasteiger partial charge in [0.15, 0.2) is 0 Å². The topological polar surface area (TPSA) is 144 Å². The molecule has 10 heteroatoms. The van der Waals surface area contributed by atoms with Crippen molar-refractivity contribution < 1.29 is 27.6 Å². The third-order valence-electron chi connectivity index (χ3n) is 4.47. The molecule has 1 aliphatic heterocycles. The molecule has 0 saturated heterocycles. The Labute approximate surface area is 172 Å².